The molecule has 3 N–H and O–H groups in total. The van der Waals surface area contributed by atoms with Gasteiger partial charge in [-0.3, -0.25) is 14.7 Å². The summed E-state index contributed by atoms with van der Waals surface area (Å²) in [4.78, 5) is 23.8. The van der Waals surface area contributed by atoms with Gasteiger partial charge in [0.05, 0.1) is 5.52 Å². The van der Waals surface area contributed by atoms with Gasteiger partial charge in [-0.05, 0) is 18.9 Å². The molecule has 1 saturated heterocycles. The number of aromatic amines is 1. The first-order chi connectivity index (χ1) is 9.25. The number of H-pyrrole nitrogens is 1. The summed E-state index contributed by atoms with van der Waals surface area (Å²) < 4.78 is 0. The van der Waals surface area contributed by atoms with Gasteiger partial charge >= 0.3 is 0 Å². The number of aromatic nitrogens is 2. The van der Waals surface area contributed by atoms with Crippen LogP contribution in [0.25, 0.3) is 10.9 Å². The maximum absolute atomic E-state index is 12.2. The number of para-hydroxylation sites is 1. The van der Waals surface area contributed by atoms with Gasteiger partial charge in [0.25, 0.3) is 5.91 Å². The zero-order valence-corrected chi connectivity index (χ0v) is 10.3. The van der Waals surface area contributed by atoms with Gasteiger partial charge < -0.3 is 10.6 Å². The number of nitrogens with one attached hydrogen (secondary N) is 3. The number of piperidine rings is 1. The Morgan fingerprint density at radius 3 is 3.05 bits per heavy atom. The third-order valence-corrected chi connectivity index (χ3v) is 3.28. The summed E-state index contributed by atoms with van der Waals surface area (Å²) in [7, 11) is 0. The van der Waals surface area contributed by atoms with E-state index in [0.29, 0.717) is 18.7 Å². The van der Waals surface area contributed by atoms with E-state index in [2.05, 4.69) is 20.8 Å². The van der Waals surface area contributed by atoms with Crippen molar-refractivity contribution in [1.82, 2.24) is 20.8 Å². The van der Waals surface area contributed by atoms with Crippen molar-refractivity contribution in [2.45, 2.75) is 18.9 Å². The van der Waals surface area contributed by atoms with E-state index in [9.17, 15) is 9.59 Å². The van der Waals surface area contributed by atoms with Gasteiger partial charge in [-0.15, -0.1) is 0 Å². The van der Waals surface area contributed by atoms with Crippen LogP contribution in [0.2, 0.25) is 0 Å². The van der Waals surface area contributed by atoms with Crippen LogP contribution in [0, 0.1) is 0 Å². The Morgan fingerprint density at radius 2 is 2.21 bits per heavy atom. The fourth-order valence-corrected chi connectivity index (χ4v) is 2.27. The molecule has 0 saturated carbocycles. The number of fused-ring (bicyclic) bond motifs is 1. The number of benzene rings is 1. The first-order valence-electron chi connectivity index (χ1n) is 6.27. The molecule has 2 amide bonds. The molecule has 3 rings (SSSR count). The van der Waals surface area contributed by atoms with Crippen molar-refractivity contribution in [2.75, 3.05) is 6.54 Å². The van der Waals surface area contributed by atoms with Gasteiger partial charge in [0, 0.05) is 11.9 Å². The van der Waals surface area contributed by atoms with E-state index in [1.54, 1.807) is 0 Å². The van der Waals surface area contributed by atoms with Gasteiger partial charge in [0.15, 0.2) is 5.69 Å². The number of nitrogens with zero attached hydrogens (tertiary/aromatic N) is 1. The fraction of sp³-hybridized carbons (Fsp3) is 0.308. The Kier molecular flexibility index (Phi) is 2.91. The molecule has 1 fully saturated rings. The normalized spacial score (nSPS) is 19.2. The summed E-state index contributed by atoms with van der Waals surface area (Å²) in [5, 5.41) is 13.1. The van der Waals surface area contributed by atoms with E-state index in [4.69, 9.17) is 0 Å². The van der Waals surface area contributed by atoms with Crippen LogP contribution in [0.3, 0.4) is 0 Å². The van der Waals surface area contributed by atoms with E-state index in [-0.39, 0.29) is 11.8 Å². The maximum atomic E-state index is 12.2. The Balaban J connectivity index is 1.82. The summed E-state index contributed by atoms with van der Waals surface area (Å²) in [6.07, 6.45) is 1.54. The van der Waals surface area contributed by atoms with Gasteiger partial charge in [-0.2, -0.15) is 5.10 Å². The quantitative estimate of drug-likeness (QED) is 0.736. The van der Waals surface area contributed by atoms with Crippen LogP contribution in [0.1, 0.15) is 23.3 Å². The van der Waals surface area contributed by atoms with Crippen LogP contribution in [-0.2, 0) is 4.79 Å². The number of carbonyl (C=O) groups excluding carboxylic acids is 2. The molecule has 6 nitrogen and oxygen atoms in total. The van der Waals surface area contributed by atoms with E-state index < -0.39 is 6.04 Å². The van der Waals surface area contributed by atoms with Crippen LogP contribution < -0.4 is 10.6 Å². The SMILES string of the molecule is O=C(NC1CCCNC1=O)c1n[nH]c2ccccc12. The molecule has 2 heterocycles. The number of carbonyl (C=O) groups is 2. The number of rotatable bonds is 2. The second kappa shape index (κ2) is 4.72. The van der Waals surface area contributed by atoms with Gasteiger partial charge in [0.2, 0.25) is 5.91 Å². The average molecular weight is 258 g/mol. The molecule has 1 aliphatic rings. The van der Waals surface area contributed by atoms with Crippen LogP contribution >= 0.6 is 0 Å². The van der Waals surface area contributed by atoms with Gasteiger partial charge in [0.1, 0.15) is 6.04 Å². The number of hydrogen-bond acceptors (Lipinski definition) is 3. The summed E-state index contributed by atoms with van der Waals surface area (Å²) in [6.45, 7) is 0.677. The lowest BCUT2D eigenvalue weighted by Gasteiger charge is -2.22. The number of hydrogen-bond donors (Lipinski definition) is 3. The summed E-state index contributed by atoms with van der Waals surface area (Å²) in [6, 6.07) is 6.94. The Labute approximate surface area is 109 Å². The molecule has 0 aliphatic carbocycles. The highest BCUT2D eigenvalue weighted by atomic mass is 16.2. The second-order valence-corrected chi connectivity index (χ2v) is 4.58. The first kappa shape index (κ1) is 11.7. The molecule has 0 radical (unpaired) electrons. The van der Waals surface area contributed by atoms with E-state index >= 15 is 0 Å². The van der Waals surface area contributed by atoms with E-state index in [1.807, 2.05) is 24.3 Å². The predicted molar refractivity (Wildman–Crippen MR) is 69.6 cm³/mol. The molecule has 1 aromatic heterocycles. The lowest BCUT2D eigenvalue weighted by Crippen LogP contribution is -2.50. The van der Waals surface area contributed by atoms with Crippen molar-refractivity contribution in [3.63, 3.8) is 0 Å². The zero-order chi connectivity index (χ0) is 13.2. The second-order valence-electron chi connectivity index (χ2n) is 4.58. The van der Waals surface area contributed by atoms with E-state index in [1.165, 1.54) is 0 Å². The van der Waals surface area contributed by atoms with Crippen molar-refractivity contribution in [2.24, 2.45) is 0 Å². The van der Waals surface area contributed by atoms with Crippen molar-refractivity contribution in [1.29, 1.82) is 0 Å². The van der Waals surface area contributed by atoms with Crippen LogP contribution in [0.15, 0.2) is 24.3 Å². The van der Waals surface area contributed by atoms with Crippen LogP contribution in [-0.4, -0.2) is 34.6 Å². The largest absolute Gasteiger partial charge is 0.354 e. The summed E-state index contributed by atoms with van der Waals surface area (Å²) in [5.74, 6) is -0.445. The summed E-state index contributed by atoms with van der Waals surface area (Å²) >= 11 is 0. The third-order valence-electron chi connectivity index (χ3n) is 3.28. The molecule has 0 spiro atoms. The maximum Gasteiger partial charge on any atom is 0.273 e. The number of amides is 2. The smallest absolute Gasteiger partial charge is 0.273 e. The molecule has 6 heteroatoms. The molecule has 1 atom stereocenters. The van der Waals surface area contributed by atoms with Crippen molar-refractivity contribution in [3.8, 4) is 0 Å². The average Bonchev–Trinajstić information content (AvgIpc) is 2.85. The lowest BCUT2D eigenvalue weighted by atomic mass is 10.1. The van der Waals surface area contributed by atoms with Gasteiger partial charge in [-0.25, -0.2) is 0 Å². The molecule has 1 unspecified atom stereocenters. The standard InChI is InChI=1S/C13H14N4O2/c18-12-10(6-3-7-14-12)15-13(19)11-8-4-1-2-5-9(8)16-17-11/h1-2,4-5,10H,3,6-7H2,(H,14,18)(H,15,19)(H,16,17). The van der Waals surface area contributed by atoms with Crippen molar-refractivity contribution in [3.05, 3.63) is 30.0 Å². The topological polar surface area (TPSA) is 86.9 Å². The highest BCUT2D eigenvalue weighted by Crippen LogP contribution is 2.15. The molecular weight excluding hydrogens is 244 g/mol. The highest BCUT2D eigenvalue weighted by Gasteiger charge is 2.25. The Hall–Kier alpha value is -2.37. The molecular formula is C13H14N4O2. The molecule has 0 bridgehead atoms. The Morgan fingerprint density at radius 1 is 1.37 bits per heavy atom. The van der Waals surface area contributed by atoms with E-state index in [0.717, 1.165) is 17.3 Å². The Bertz CT molecular complexity index is 634. The predicted octanol–water partition coefficient (Wildman–Crippen LogP) is 0.571. The molecule has 1 aromatic carbocycles. The third kappa shape index (κ3) is 2.16. The monoisotopic (exact) mass is 258 g/mol. The van der Waals surface area contributed by atoms with Crippen LogP contribution in [0.4, 0.5) is 0 Å². The highest BCUT2D eigenvalue weighted by molar-refractivity contribution is 6.06. The van der Waals surface area contributed by atoms with Gasteiger partial charge in [-0.1, -0.05) is 18.2 Å². The lowest BCUT2D eigenvalue weighted by molar-refractivity contribution is -0.124. The molecule has 1 aliphatic heterocycles. The molecule has 19 heavy (non-hydrogen) atoms. The minimum Gasteiger partial charge on any atom is -0.354 e. The first-order valence-corrected chi connectivity index (χ1v) is 6.27. The van der Waals surface area contributed by atoms with Crippen molar-refractivity contribution < 1.29 is 9.59 Å². The van der Waals surface area contributed by atoms with Crippen molar-refractivity contribution >= 4 is 22.7 Å². The fourth-order valence-electron chi connectivity index (χ4n) is 2.27. The molecule has 98 valence electrons. The zero-order valence-electron chi connectivity index (χ0n) is 10.3. The summed E-state index contributed by atoms with van der Waals surface area (Å²) in [5.41, 5.74) is 1.13. The minimum atomic E-state index is -0.461. The van der Waals surface area contributed by atoms with Crippen LogP contribution in [0.5, 0.6) is 0 Å². The molecule has 2 aromatic rings. The minimum absolute atomic E-state index is 0.126.